The molecule has 2 aliphatic rings. The van der Waals surface area contributed by atoms with Crippen molar-refractivity contribution in [2.45, 2.75) is 58.4 Å². The van der Waals surface area contributed by atoms with Crippen LogP contribution < -0.4 is 9.46 Å². The quantitative estimate of drug-likeness (QED) is 0.172. The van der Waals surface area contributed by atoms with Crippen LogP contribution in [-0.2, 0) is 13.6 Å². The van der Waals surface area contributed by atoms with Crippen LogP contribution in [0.5, 0.6) is 5.75 Å². The van der Waals surface area contributed by atoms with Gasteiger partial charge in [-0.2, -0.15) is 5.10 Å². The highest BCUT2D eigenvalue weighted by atomic mass is 32.2. The zero-order valence-corrected chi connectivity index (χ0v) is 25.6. The number of hydrogen-bond donors (Lipinski definition) is 1. The molecule has 42 heavy (non-hydrogen) atoms. The number of aldehydes is 1. The Balaban J connectivity index is 1.59. The van der Waals surface area contributed by atoms with Crippen molar-refractivity contribution in [1.82, 2.24) is 19.1 Å². The second-order valence-corrected chi connectivity index (χ2v) is 12.7. The normalized spacial score (nSPS) is 15.2. The largest absolute Gasteiger partial charge is 0.497 e. The lowest BCUT2D eigenvalue weighted by Gasteiger charge is -2.24. The van der Waals surface area contributed by atoms with Crippen LogP contribution in [0.1, 0.15) is 89.4 Å². The average Bonchev–Trinajstić information content (AvgIpc) is 3.48. The van der Waals surface area contributed by atoms with Crippen LogP contribution in [0.25, 0.3) is 33.8 Å². The number of amides is 1. The molecule has 0 spiro atoms. The minimum absolute atomic E-state index is 0.0817. The first-order valence-electron chi connectivity index (χ1n) is 14.8. The summed E-state index contributed by atoms with van der Waals surface area (Å²) in [7, 11) is 3.56. The first-order chi connectivity index (χ1) is 20.4. The van der Waals surface area contributed by atoms with Crippen molar-refractivity contribution in [3.63, 3.8) is 0 Å². The highest BCUT2D eigenvalue weighted by Gasteiger charge is 2.30. The molecule has 0 radical (unpaired) electrons. The van der Waals surface area contributed by atoms with Crippen LogP contribution in [0.4, 0.5) is 0 Å². The lowest BCUT2D eigenvalue weighted by molar-refractivity contribution is 0.0984. The first-order valence-corrected chi connectivity index (χ1v) is 15.8. The number of nitrogens with one attached hydrogen (secondary N) is 1. The predicted molar refractivity (Wildman–Crippen MR) is 171 cm³/mol. The number of hydrogen-bond acceptors (Lipinski definition) is 5. The molecule has 1 aliphatic heterocycles. The van der Waals surface area contributed by atoms with Crippen LogP contribution in [-0.4, -0.2) is 39.4 Å². The number of rotatable bonds is 8. The number of methoxy groups -OCH3 is 1. The lowest BCUT2D eigenvalue weighted by atomic mass is 9.81. The Bertz CT molecular complexity index is 1690. The van der Waals surface area contributed by atoms with Crippen molar-refractivity contribution in [2.24, 2.45) is 13.0 Å². The molecule has 4 aromatic rings. The van der Waals surface area contributed by atoms with Crippen molar-refractivity contribution in [1.29, 1.82) is 0 Å². The zero-order chi connectivity index (χ0) is 29.4. The molecule has 7 nitrogen and oxygen atoms in total. The number of fused-ring (bicyclic) bond motifs is 5. The molecule has 1 aliphatic carbocycles. The van der Waals surface area contributed by atoms with E-state index in [1.807, 2.05) is 25.2 Å². The van der Waals surface area contributed by atoms with Gasteiger partial charge < -0.3 is 9.30 Å². The summed E-state index contributed by atoms with van der Waals surface area (Å²) >= 11 is 1.46. The highest BCUT2D eigenvalue weighted by molar-refractivity contribution is 7.97. The van der Waals surface area contributed by atoms with E-state index in [9.17, 15) is 9.59 Å². The first kappa shape index (κ1) is 28.3. The van der Waals surface area contributed by atoms with Gasteiger partial charge in [0.25, 0.3) is 5.91 Å². The van der Waals surface area contributed by atoms with Crippen LogP contribution >= 0.6 is 11.9 Å². The number of carbonyl (C=O) groups is 2. The van der Waals surface area contributed by atoms with Gasteiger partial charge in [-0.3, -0.25) is 19.0 Å². The van der Waals surface area contributed by atoms with Gasteiger partial charge in [-0.05, 0) is 89.7 Å². The Morgan fingerprint density at radius 3 is 2.69 bits per heavy atom. The van der Waals surface area contributed by atoms with E-state index in [4.69, 9.17) is 4.74 Å². The third kappa shape index (κ3) is 5.17. The Morgan fingerprint density at radius 1 is 1.14 bits per heavy atom. The number of benzene rings is 2. The van der Waals surface area contributed by atoms with Gasteiger partial charge in [-0.15, -0.1) is 0 Å². The number of ether oxygens (including phenoxy) is 1. The summed E-state index contributed by atoms with van der Waals surface area (Å²) < 4.78 is 12.8. The molecule has 2 aromatic heterocycles. The summed E-state index contributed by atoms with van der Waals surface area (Å²) in [5.41, 5.74) is 8.77. The van der Waals surface area contributed by atoms with E-state index in [1.54, 1.807) is 18.0 Å². The molecule has 1 N–H and O–H groups in total. The van der Waals surface area contributed by atoms with Gasteiger partial charge in [0, 0.05) is 34.8 Å². The highest BCUT2D eigenvalue weighted by Crippen LogP contribution is 2.47. The summed E-state index contributed by atoms with van der Waals surface area (Å²) in [6.07, 6.45) is 10.7. The zero-order valence-electron chi connectivity index (χ0n) is 24.8. The molecule has 3 heterocycles. The molecule has 1 fully saturated rings. The summed E-state index contributed by atoms with van der Waals surface area (Å²) in [6, 6.07) is 12.4. The summed E-state index contributed by atoms with van der Waals surface area (Å²) in [6.45, 7) is 4.83. The van der Waals surface area contributed by atoms with E-state index >= 15 is 0 Å². The lowest BCUT2D eigenvalue weighted by Crippen LogP contribution is -2.17. The van der Waals surface area contributed by atoms with E-state index in [0.29, 0.717) is 29.5 Å². The number of aromatic nitrogens is 3. The molecule has 6 rings (SSSR count). The molecule has 8 heteroatoms. The number of nitrogens with zero attached hydrogens (tertiary/aromatic N) is 3. The SMILES string of the molecule is COc1ccc2c(c1)C=C(c1c(C=O)cnn1C)Cn1c-2c(C2CCCCC2)c2ccc(C(=O)NSCC(C)C)cc21. The Kier molecular flexibility index (Phi) is 7.99. The minimum atomic E-state index is -0.0817. The maximum absolute atomic E-state index is 13.2. The van der Waals surface area contributed by atoms with Gasteiger partial charge in [0.05, 0.1) is 36.8 Å². The molecule has 0 atom stereocenters. The summed E-state index contributed by atoms with van der Waals surface area (Å²) in [4.78, 5) is 25.3. The van der Waals surface area contributed by atoms with Gasteiger partial charge in [0.2, 0.25) is 0 Å². The number of allylic oxidation sites excluding steroid dienone is 1. The average molecular weight is 583 g/mol. The standard InChI is InChI=1S/C34H38N4O3S/c1-21(2)20-42-36-34(40)23-10-12-29-30(16-23)38-18-25(32-26(19-39)17-35-37(32)3)14-24-15-27(41-4)11-13-28(24)33(38)31(29)22-8-6-5-7-9-22/h10-17,19,21-22H,5-9,18,20H2,1-4H3,(H,36,40). The van der Waals surface area contributed by atoms with E-state index in [0.717, 1.165) is 58.5 Å². The molecule has 1 saturated carbocycles. The van der Waals surface area contributed by atoms with E-state index in [-0.39, 0.29) is 5.91 Å². The number of aryl methyl sites for hydroxylation is 1. The van der Waals surface area contributed by atoms with Gasteiger partial charge in [0.1, 0.15) is 5.75 Å². The molecule has 1 amide bonds. The second-order valence-electron chi connectivity index (χ2n) is 11.9. The molecule has 218 valence electrons. The Hall–Kier alpha value is -3.78. The predicted octanol–water partition coefficient (Wildman–Crippen LogP) is 7.50. The fourth-order valence-electron chi connectivity index (χ4n) is 6.59. The molecular formula is C34H38N4O3S. The Labute approximate surface area is 251 Å². The van der Waals surface area contributed by atoms with E-state index in [1.165, 1.54) is 47.9 Å². The Morgan fingerprint density at radius 2 is 1.95 bits per heavy atom. The third-order valence-corrected chi connectivity index (χ3v) is 9.69. The maximum atomic E-state index is 13.2. The molecule has 2 aromatic carbocycles. The fraction of sp³-hybridized carbons (Fsp3) is 0.382. The number of carbonyl (C=O) groups excluding carboxylic acids is 2. The van der Waals surface area contributed by atoms with E-state index < -0.39 is 0 Å². The van der Waals surface area contributed by atoms with Crippen LogP contribution in [0.15, 0.2) is 42.6 Å². The summed E-state index contributed by atoms with van der Waals surface area (Å²) in [5, 5.41) is 5.61. The molecule has 0 saturated heterocycles. The van der Waals surface area contributed by atoms with Crippen molar-refractivity contribution >= 4 is 46.7 Å². The van der Waals surface area contributed by atoms with Crippen molar-refractivity contribution in [3.05, 3.63) is 70.5 Å². The molecule has 0 unspecified atom stereocenters. The fourth-order valence-corrected chi connectivity index (χ4v) is 7.26. The van der Waals surface area contributed by atoms with Crippen LogP contribution in [0.2, 0.25) is 0 Å². The maximum Gasteiger partial charge on any atom is 0.261 e. The van der Waals surface area contributed by atoms with Crippen LogP contribution in [0, 0.1) is 5.92 Å². The summed E-state index contributed by atoms with van der Waals surface area (Å²) in [5.74, 6) is 2.49. The third-order valence-electron chi connectivity index (χ3n) is 8.53. The molecule has 0 bridgehead atoms. The van der Waals surface area contributed by atoms with E-state index in [2.05, 4.69) is 52.5 Å². The van der Waals surface area contributed by atoms with Gasteiger partial charge in [0.15, 0.2) is 6.29 Å². The minimum Gasteiger partial charge on any atom is -0.497 e. The smallest absolute Gasteiger partial charge is 0.261 e. The molecular weight excluding hydrogens is 544 g/mol. The van der Waals surface area contributed by atoms with Crippen molar-refractivity contribution in [2.75, 3.05) is 12.9 Å². The van der Waals surface area contributed by atoms with Gasteiger partial charge in [-0.1, -0.05) is 39.2 Å². The van der Waals surface area contributed by atoms with Gasteiger partial charge in [-0.25, -0.2) is 0 Å². The topological polar surface area (TPSA) is 78.2 Å². The monoisotopic (exact) mass is 582 g/mol. The van der Waals surface area contributed by atoms with Crippen LogP contribution in [0.3, 0.4) is 0 Å². The second kappa shape index (κ2) is 11.8. The van der Waals surface area contributed by atoms with Gasteiger partial charge >= 0.3 is 0 Å². The van der Waals surface area contributed by atoms with Crippen molar-refractivity contribution in [3.8, 4) is 17.0 Å². The van der Waals surface area contributed by atoms with Crippen molar-refractivity contribution < 1.29 is 14.3 Å².